The molecule has 1 aliphatic heterocycles. The van der Waals surface area contributed by atoms with Crippen LogP contribution in [0.1, 0.15) is 12.8 Å². The van der Waals surface area contributed by atoms with Crippen molar-refractivity contribution < 1.29 is 9.13 Å². The maximum atomic E-state index is 13.1. The molecule has 1 aromatic carbocycles. The second kappa shape index (κ2) is 7.42. The van der Waals surface area contributed by atoms with Crippen molar-refractivity contribution >= 4 is 17.0 Å². The summed E-state index contributed by atoms with van der Waals surface area (Å²) in [5.74, 6) is 1.66. The van der Waals surface area contributed by atoms with Crippen LogP contribution in [0.15, 0.2) is 49.3 Å². The first-order valence-electron chi connectivity index (χ1n) is 9.39. The van der Waals surface area contributed by atoms with Crippen molar-refractivity contribution in [2.24, 2.45) is 0 Å². The lowest BCUT2D eigenvalue weighted by atomic mass is 10.2. The average molecular weight is 391 g/mol. The zero-order valence-corrected chi connectivity index (χ0v) is 15.5. The first-order chi connectivity index (χ1) is 14.3. The number of imidazole rings is 1. The average Bonchev–Trinajstić information content (AvgIpc) is 3.42. The van der Waals surface area contributed by atoms with Gasteiger partial charge in [-0.25, -0.2) is 29.3 Å². The molecule has 1 aliphatic rings. The Bertz CT molecular complexity index is 1110. The van der Waals surface area contributed by atoms with E-state index in [1.165, 1.54) is 12.1 Å². The summed E-state index contributed by atoms with van der Waals surface area (Å²) in [5.41, 5.74) is 2.25. The number of ether oxygens (including phenoxy) is 1. The van der Waals surface area contributed by atoms with Crippen molar-refractivity contribution in [3.8, 4) is 17.1 Å². The Balaban J connectivity index is 1.28. The molecular weight excluding hydrogens is 373 g/mol. The number of aromatic nitrogens is 6. The smallest absolute Gasteiger partial charge is 0.162 e. The Morgan fingerprint density at radius 3 is 2.72 bits per heavy atom. The van der Waals surface area contributed by atoms with Gasteiger partial charge in [-0.1, -0.05) is 0 Å². The van der Waals surface area contributed by atoms with Crippen LogP contribution in [0.3, 0.4) is 0 Å². The van der Waals surface area contributed by atoms with E-state index in [0.717, 1.165) is 41.9 Å². The molecule has 1 fully saturated rings. The quantitative estimate of drug-likeness (QED) is 0.559. The molecular formula is C20H18FN7O. The molecule has 0 amide bonds. The SMILES string of the molecule is Fc1ccc(-c2ncc(OC[C@H]3CCCN3c3ncnc4[nH]cnc34)cn2)cc1. The van der Waals surface area contributed by atoms with Crippen molar-refractivity contribution in [1.29, 1.82) is 0 Å². The molecule has 9 heteroatoms. The molecule has 4 heterocycles. The molecule has 0 spiro atoms. The molecule has 1 atom stereocenters. The van der Waals surface area contributed by atoms with Crippen molar-refractivity contribution in [2.75, 3.05) is 18.1 Å². The number of rotatable bonds is 5. The largest absolute Gasteiger partial charge is 0.488 e. The van der Waals surface area contributed by atoms with E-state index in [4.69, 9.17) is 4.74 Å². The third-order valence-corrected chi connectivity index (χ3v) is 5.02. The lowest BCUT2D eigenvalue weighted by Crippen LogP contribution is -2.35. The summed E-state index contributed by atoms with van der Waals surface area (Å²) in [6, 6.07) is 6.27. The first-order valence-corrected chi connectivity index (χ1v) is 9.39. The van der Waals surface area contributed by atoms with Crippen LogP contribution >= 0.6 is 0 Å². The summed E-state index contributed by atoms with van der Waals surface area (Å²) < 4.78 is 19.0. The van der Waals surface area contributed by atoms with Gasteiger partial charge in [0.15, 0.2) is 23.0 Å². The summed E-state index contributed by atoms with van der Waals surface area (Å²) in [6.45, 7) is 1.39. The van der Waals surface area contributed by atoms with Gasteiger partial charge in [-0.2, -0.15) is 0 Å². The number of nitrogens with one attached hydrogen (secondary N) is 1. The van der Waals surface area contributed by atoms with Gasteiger partial charge < -0.3 is 14.6 Å². The molecule has 0 radical (unpaired) electrons. The topological polar surface area (TPSA) is 92.7 Å². The molecule has 0 unspecified atom stereocenters. The highest BCUT2D eigenvalue weighted by molar-refractivity contribution is 5.83. The summed E-state index contributed by atoms with van der Waals surface area (Å²) >= 11 is 0. The van der Waals surface area contributed by atoms with Gasteiger partial charge in [0.2, 0.25) is 0 Å². The van der Waals surface area contributed by atoms with E-state index in [0.29, 0.717) is 18.2 Å². The van der Waals surface area contributed by atoms with Gasteiger partial charge in [-0.3, -0.25) is 0 Å². The van der Waals surface area contributed by atoms with Crippen LogP contribution in [0, 0.1) is 5.82 Å². The van der Waals surface area contributed by atoms with Gasteiger partial charge in [0.25, 0.3) is 0 Å². The van der Waals surface area contributed by atoms with Crippen LogP contribution in [0.25, 0.3) is 22.6 Å². The predicted molar refractivity (Wildman–Crippen MR) is 105 cm³/mol. The van der Waals surface area contributed by atoms with Crippen LogP contribution < -0.4 is 9.64 Å². The van der Waals surface area contributed by atoms with E-state index in [1.54, 1.807) is 37.2 Å². The molecule has 3 aromatic heterocycles. The highest BCUT2D eigenvalue weighted by atomic mass is 19.1. The summed E-state index contributed by atoms with van der Waals surface area (Å²) in [7, 11) is 0. The van der Waals surface area contributed by atoms with Crippen molar-refractivity contribution in [1.82, 2.24) is 29.9 Å². The van der Waals surface area contributed by atoms with Crippen LogP contribution in [-0.4, -0.2) is 49.1 Å². The molecule has 0 aliphatic carbocycles. The second-order valence-electron chi connectivity index (χ2n) is 6.85. The lowest BCUT2D eigenvalue weighted by molar-refractivity contribution is 0.286. The number of benzene rings is 1. The predicted octanol–water partition coefficient (Wildman–Crippen LogP) is 3.00. The molecule has 0 saturated carbocycles. The molecule has 1 N–H and O–H groups in total. The van der Waals surface area contributed by atoms with Gasteiger partial charge in [-0.05, 0) is 37.1 Å². The third kappa shape index (κ3) is 3.46. The molecule has 146 valence electrons. The fourth-order valence-corrected chi connectivity index (χ4v) is 3.58. The lowest BCUT2D eigenvalue weighted by Gasteiger charge is -2.25. The Morgan fingerprint density at radius 1 is 1.07 bits per heavy atom. The minimum absolute atomic E-state index is 0.182. The van der Waals surface area contributed by atoms with Crippen LogP contribution in [0.5, 0.6) is 5.75 Å². The zero-order chi connectivity index (χ0) is 19.6. The molecule has 29 heavy (non-hydrogen) atoms. The Hall–Kier alpha value is -3.62. The van der Waals surface area contributed by atoms with Crippen LogP contribution in [-0.2, 0) is 0 Å². The molecule has 5 rings (SSSR count). The van der Waals surface area contributed by atoms with E-state index in [-0.39, 0.29) is 11.9 Å². The van der Waals surface area contributed by atoms with Gasteiger partial charge >= 0.3 is 0 Å². The van der Waals surface area contributed by atoms with Crippen LogP contribution in [0.4, 0.5) is 10.2 Å². The van der Waals surface area contributed by atoms with Gasteiger partial charge in [0, 0.05) is 12.1 Å². The van der Waals surface area contributed by atoms with E-state index in [2.05, 4.69) is 34.8 Å². The zero-order valence-electron chi connectivity index (χ0n) is 15.5. The number of H-pyrrole nitrogens is 1. The van der Waals surface area contributed by atoms with Crippen LogP contribution in [0.2, 0.25) is 0 Å². The molecule has 0 bridgehead atoms. The minimum atomic E-state index is -0.286. The monoisotopic (exact) mass is 391 g/mol. The number of anilines is 1. The Labute approximate surface area is 165 Å². The highest BCUT2D eigenvalue weighted by Crippen LogP contribution is 2.28. The standard InChI is InChI=1S/C20H18FN7O/c21-14-5-3-13(4-6-14)18-22-8-16(9-23-18)29-10-15-2-1-7-28(15)20-17-19(25-11-24-17)26-12-27-20/h3-6,8-9,11-12,15H,1-2,7,10H2,(H,24,25,26,27)/t15-/m1/s1. The maximum Gasteiger partial charge on any atom is 0.162 e. The van der Waals surface area contributed by atoms with Gasteiger partial charge in [0.1, 0.15) is 24.3 Å². The summed E-state index contributed by atoms with van der Waals surface area (Å²) in [5, 5.41) is 0. The summed E-state index contributed by atoms with van der Waals surface area (Å²) in [6.07, 6.45) is 8.52. The number of aromatic amines is 1. The van der Waals surface area contributed by atoms with E-state index < -0.39 is 0 Å². The third-order valence-electron chi connectivity index (χ3n) is 5.02. The molecule has 8 nitrogen and oxygen atoms in total. The second-order valence-corrected chi connectivity index (χ2v) is 6.85. The van der Waals surface area contributed by atoms with E-state index in [9.17, 15) is 4.39 Å². The maximum absolute atomic E-state index is 13.1. The Morgan fingerprint density at radius 2 is 1.90 bits per heavy atom. The number of fused-ring (bicyclic) bond motifs is 1. The molecule has 4 aromatic rings. The number of halogens is 1. The molecule has 1 saturated heterocycles. The van der Waals surface area contributed by atoms with Gasteiger partial charge in [-0.15, -0.1) is 0 Å². The van der Waals surface area contributed by atoms with E-state index >= 15 is 0 Å². The normalized spacial score (nSPS) is 16.4. The number of nitrogens with zero attached hydrogens (tertiary/aromatic N) is 6. The minimum Gasteiger partial charge on any atom is -0.488 e. The fourth-order valence-electron chi connectivity index (χ4n) is 3.58. The van der Waals surface area contributed by atoms with E-state index in [1.807, 2.05) is 0 Å². The fraction of sp³-hybridized carbons (Fsp3) is 0.250. The Kier molecular flexibility index (Phi) is 4.47. The van der Waals surface area contributed by atoms with Crippen molar-refractivity contribution in [3.63, 3.8) is 0 Å². The highest BCUT2D eigenvalue weighted by Gasteiger charge is 2.28. The summed E-state index contributed by atoms with van der Waals surface area (Å²) in [4.78, 5) is 26.9. The van der Waals surface area contributed by atoms with Gasteiger partial charge in [0.05, 0.1) is 24.8 Å². The number of hydrogen-bond donors (Lipinski definition) is 1. The first kappa shape index (κ1) is 17.5. The van der Waals surface area contributed by atoms with Crippen molar-refractivity contribution in [2.45, 2.75) is 18.9 Å². The number of hydrogen-bond acceptors (Lipinski definition) is 7. The van der Waals surface area contributed by atoms with Crippen molar-refractivity contribution in [3.05, 3.63) is 55.1 Å².